The Morgan fingerprint density at radius 1 is 0.731 bits per heavy atom. The van der Waals surface area contributed by atoms with Crippen LogP contribution in [0.25, 0.3) is 33.6 Å². The highest BCUT2D eigenvalue weighted by Gasteiger charge is 2.08. The van der Waals surface area contributed by atoms with E-state index in [9.17, 15) is 0 Å². The lowest BCUT2D eigenvalue weighted by molar-refractivity contribution is 1.19. The number of benzene rings is 2. The quantitative estimate of drug-likeness (QED) is 0.477. The van der Waals surface area contributed by atoms with Crippen molar-refractivity contribution in [3.8, 4) is 33.6 Å². The van der Waals surface area contributed by atoms with Crippen molar-refractivity contribution in [2.75, 3.05) is 5.73 Å². The maximum absolute atomic E-state index is 5.89. The number of nitrogens with two attached hydrogens (primary N) is 1. The van der Waals surface area contributed by atoms with Crippen molar-refractivity contribution in [3.63, 3.8) is 0 Å². The van der Waals surface area contributed by atoms with Crippen LogP contribution in [0.2, 0.25) is 0 Å². The molecule has 2 heterocycles. The molecular weight excluding hydrogens is 318 g/mol. The van der Waals surface area contributed by atoms with Crippen molar-refractivity contribution in [1.82, 2.24) is 9.97 Å². The smallest absolute Gasteiger partial charge is 0.0727 e. The predicted molar refractivity (Wildman–Crippen MR) is 109 cm³/mol. The fraction of sp³-hybridized carbons (Fsp3) is 0.0870. The van der Waals surface area contributed by atoms with Gasteiger partial charge in [-0.05, 0) is 55.3 Å². The number of pyridine rings is 1. The van der Waals surface area contributed by atoms with Crippen LogP contribution in [-0.4, -0.2) is 9.97 Å². The minimum atomic E-state index is 0.776. The first-order valence-electron chi connectivity index (χ1n) is 8.70. The summed E-state index contributed by atoms with van der Waals surface area (Å²) in [6.45, 7) is 4.15. The molecule has 0 aliphatic carbocycles. The molecule has 0 bridgehead atoms. The largest absolute Gasteiger partial charge is 0.399 e. The Morgan fingerprint density at radius 3 is 2.12 bits per heavy atom. The van der Waals surface area contributed by atoms with Gasteiger partial charge in [0, 0.05) is 28.2 Å². The predicted octanol–water partition coefficient (Wildman–Crippen LogP) is 5.61. The Labute approximate surface area is 153 Å². The Balaban J connectivity index is 1.68. The van der Waals surface area contributed by atoms with Gasteiger partial charge in [-0.2, -0.15) is 0 Å². The van der Waals surface area contributed by atoms with Crippen LogP contribution in [0, 0.1) is 13.8 Å². The third-order valence-corrected chi connectivity index (χ3v) is 4.58. The highest BCUT2D eigenvalue weighted by molar-refractivity contribution is 5.72. The third-order valence-electron chi connectivity index (χ3n) is 4.58. The second-order valence-electron chi connectivity index (χ2n) is 6.60. The number of aromatic amines is 1. The number of rotatable bonds is 3. The van der Waals surface area contributed by atoms with Gasteiger partial charge in [0.2, 0.25) is 0 Å². The van der Waals surface area contributed by atoms with Gasteiger partial charge in [0.05, 0.1) is 11.4 Å². The molecule has 0 saturated carbocycles. The molecule has 3 nitrogen and oxygen atoms in total. The molecule has 26 heavy (non-hydrogen) atoms. The van der Waals surface area contributed by atoms with E-state index in [1.165, 1.54) is 0 Å². The van der Waals surface area contributed by atoms with E-state index < -0.39 is 0 Å². The molecule has 3 heteroatoms. The van der Waals surface area contributed by atoms with E-state index in [2.05, 4.69) is 67.4 Å². The molecule has 4 rings (SSSR count). The first kappa shape index (κ1) is 16.2. The van der Waals surface area contributed by atoms with Crippen LogP contribution in [0.1, 0.15) is 11.4 Å². The number of aromatic nitrogens is 2. The van der Waals surface area contributed by atoms with Crippen molar-refractivity contribution in [2.45, 2.75) is 13.8 Å². The van der Waals surface area contributed by atoms with Gasteiger partial charge >= 0.3 is 0 Å². The number of nitrogens with one attached hydrogen (secondary N) is 1. The van der Waals surface area contributed by atoms with Gasteiger partial charge in [-0.25, -0.2) is 4.98 Å². The first-order valence-corrected chi connectivity index (χ1v) is 8.70. The molecule has 128 valence electrons. The topological polar surface area (TPSA) is 54.7 Å². The molecule has 0 amide bonds. The van der Waals surface area contributed by atoms with E-state index in [-0.39, 0.29) is 0 Å². The maximum atomic E-state index is 5.89. The Hall–Kier alpha value is -3.33. The van der Waals surface area contributed by atoms with Crippen molar-refractivity contribution in [1.29, 1.82) is 0 Å². The number of hydrogen-bond donors (Lipinski definition) is 2. The van der Waals surface area contributed by atoms with Crippen molar-refractivity contribution < 1.29 is 0 Å². The zero-order valence-corrected chi connectivity index (χ0v) is 15.0. The van der Waals surface area contributed by atoms with Crippen LogP contribution in [0.4, 0.5) is 5.69 Å². The summed E-state index contributed by atoms with van der Waals surface area (Å²) >= 11 is 0. The normalized spacial score (nSPS) is 10.8. The van der Waals surface area contributed by atoms with Gasteiger partial charge in [-0.15, -0.1) is 0 Å². The summed E-state index contributed by atoms with van der Waals surface area (Å²) in [5.74, 6) is 0. The lowest BCUT2D eigenvalue weighted by Crippen LogP contribution is -1.89. The lowest BCUT2D eigenvalue weighted by Gasteiger charge is -2.07. The fourth-order valence-corrected chi connectivity index (χ4v) is 3.29. The van der Waals surface area contributed by atoms with Crippen LogP contribution in [0.15, 0.2) is 72.8 Å². The van der Waals surface area contributed by atoms with Crippen molar-refractivity contribution in [2.24, 2.45) is 0 Å². The number of hydrogen-bond acceptors (Lipinski definition) is 2. The lowest BCUT2D eigenvalue weighted by atomic mass is 10.0. The van der Waals surface area contributed by atoms with E-state index in [1.807, 2.05) is 24.3 Å². The summed E-state index contributed by atoms with van der Waals surface area (Å²) in [6, 6.07) is 24.7. The minimum absolute atomic E-state index is 0.776. The van der Waals surface area contributed by atoms with Gasteiger partial charge in [0.1, 0.15) is 0 Å². The molecule has 0 saturated heterocycles. The monoisotopic (exact) mass is 339 g/mol. The average Bonchev–Trinajstić information content (AvgIpc) is 3.00. The van der Waals surface area contributed by atoms with E-state index >= 15 is 0 Å². The number of H-pyrrole nitrogens is 1. The fourth-order valence-electron chi connectivity index (χ4n) is 3.29. The van der Waals surface area contributed by atoms with Gasteiger partial charge in [0.25, 0.3) is 0 Å². The summed E-state index contributed by atoms with van der Waals surface area (Å²) in [6.07, 6.45) is 0. The number of nitrogen functional groups attached to an aromatic ring is 1. The van der Waals surface area contributed by atoms with Gasteiger partial charge < -0.3 is 10.7 Å². The van der Waals surface area contributed by atoms with Crippen LogP contribution in [0.3, 0.4) is 0 Å². The van der Waals surface area contributed by atoms with E-state index in [0.29, 0.717) is 0 Å². The Kier molecular flexibility index (Phi) is 4.05. The molecule has 3 N–H and O–H groups in total. The highest BCUT2D eigenvalue weighted by Crippen LogP contribution is 2.28. The van der Waals surface area contributed by atoms with E-state index in [4.69, 9.17) is 10.7 Å². The first-order chi connectivity index (χ1) is 12.6. The molecule has 0 fully saturated rings. The summed E-state index contributed by atoms with van der Waals surface area (Å²) < 4.78 is 0. The molecular formula is C23H21N3. The van der Waals surface area contributed by atoms with Crippen molar-refractivity contribution >= 4 is 5.69 Å². The second-order valence-corrected chi connectivity index (χ2v) is 6.60. The van der Waals surface area contributed by atoms with Gasteiger partial charge in [-0.1, -0.05) is 42.5 Å². The zero-order chi connectivity index (χ0) is 18.1. The van der Waals surface area contributed by atoms with Crippen LogP contribution in [-0.2, 0) is 0 Å². The molecule has 4 aromatic rings. The summed E-state index contributed by atoms with van der Waals surface area (Å²) in [4.78, 5) is 8.21. The van der Waals surface area contributed by atoms with Crippen LogP contribution < -0.4 is 5.73 Å². The summed E-state index contributed by atoms with van der Waals surface area (Å²) in [5, 5.41) is 0. The Morgan fingerprint density at radius 2 is 1.42 bits per heavy atom. The molecule has 0 unspecified atom stereocenters. The van der Waals surface area contributed by atoms with Gasteiger partial charge in [-0.3, -0.25) is 0 Å². The molecule has 2 aromatic carbocycles. The summed E-state index contributed by atoms with van der Waals surface area (Å²) in [5.41, 5.74) is 15.4. The summed E-state index contributed by atoms with van der Waals surface area (Å²) in [7, 11) is 0. The standard InChI is InChI=1S/C23H21N3/c1-15-13-21(16(2)25-15)23-8-4-7-22(26-23)18-11-9-17(10-12-18)19-5-3-6-20(24)14-19/h3-14,25H,24H2,1-2H3. The Bertz CT molecular complexity index is 1060. The highest BCUT2D eigenvalue weighted by atomic mass is 14.8. The van der Waals surface area contributed by atoms with Gasteiger partial charge in [0.15, 0.2) is 0 Å². The zero-order valence-electron chi connectivity index (χ0n) is 15.0. The van der Waals surface area contributed by atoms with Crippen LogP contribution >= 0.6 is 0 Å². The molecule has 0 atom stereocenters. The minimum Gasteiger partial charge on any atom is -0.399 e. The number of aryl methyl sites for hydroxylation is 2. The molecule has 0 radical (unpaired) electrons. The molecule has 0 aliphatic heterocycles. The molecule has 0 aliphatic rings. The van der Waals surface area contributed by atoms with E-state index in [0.717, 1.165) is 50.7 Å². The van der Waals surface area contributed by atoms with Crippen LogP contribution in [0.5, 0.6) is 0 Å². The number of anilines is 1. The third kappa shape index (κ3) is 3.11. The average molecular weight is 339 g/mol. The molecule has 2 aromatic heterocycles. The maximum Gasteiger partial charge on any atom is 0.0727 e. The van der Waals surface area contributed by atoms with E-state index in [1.54, 1.807) is 0 Å². The second kappa shape index (κ2) is 6.52. The SMILES string of the molecule is Cc1cc(-c2cccc(-c3ccc(-c4cccc(N)c4)cc3)n2)c(C)[nH]1. The number of nitrogens with zero attached hydrogens (tertiary/aromatic N) is 1. The molecule has 0 spiro atoms. The van der Waals surface area contributed by atoms with Crippen molar-refractivity contribution in [3.05, 3.63) is 84.2 Å².